The number of methoxy groups -OCH3 is 2. The van der Waals surface area contributed by atoms with E-state index in [4.69, 9.17) is 14.2 Å². The van der Waals surface area contributed by atoms with Gasteiger partial charge in [0.2, 0.25) is 0 Å². The quantitative estimate of drug-likeness (QED) is 0.583. The van der Waals surface area contributed by atoms with Crippen LogP contribution in [-0.4, -0.2) is 32.3 Å². The summed E-state index contributed by atoms with van der Waals surface area (Å²) in [6, 6.07) is 11.7. The van der Waals surface area contributed by atoms with Crippen molar-refractivity contribution in [3.8, 4) is 17.2 Å². The summed E-state index contributed by atoms with van der Waals surface area (Å²) in [6.45, 7) is 1.71. The fourth-order valence-corrected chi connectivity index (χ4v) is 4.31. The number of rotatable bonds is 7. The summed E-state index contributed by atoms with van der Waals surface area (Å²) >= 11 is 0. The molecule has 8 heteroatoms. The Kier molecular flexibility index (Phi) is 6.72. The topological polar surface area (TPSA) is 97.9 Å². The van der Waals surface area contributed by atoms with Crippen LogP contribution in [0.1, 0.15) is 44.2 Å². The average molecular weight is 452 g/mol. The molecule has 1 aliphatic heterocycles. The molecule has 1 atom stereocenters. The van der Waals surface area contributed by atoms with Crippen LogP contribution >= 0.6 is 0 Å². The van der Waals surface area contributed by atoms with E-state index in [1.165, 1.54) is 20.0 Å². The van der Waals surface area contributed by atoms with Crippen LogP contribution in [-0.2, 0) is 4.79 Å². The molecule has 0 spiro atoms. The molecule has 3 N–H and O–H groups in total. The standard InChI is InChI=1S/C25H29N3O5/c1-15-22(24(29)27-20-14-18(31-2)11-12-21(20)32-3)23(28-25(30)26-15)16-7-6-10-19(13-16)33-17-8-4-5-9-17/h6-7,10-14,17,23H,4-5,8-9H2,1-3H3,(H,27,29)(H2,26,28,30). The Bertz CT molecular complexity index is 1080. The minimum absolute atomic E-state index is 0.212. The number of benzene rings is 2. The number of urea groups is 1. The van der Waals surface area contributed by atoms with Crippen molar-refractivity contribution in [1.29, 1.82) is 0 Å². The van der Waals surface area contributed by atoms with Gasteiger partial charge in [-0.3, -0.25) is 4.79 Å². The van der Waals surface area contributed by atoms with Crippen LogP contribution in [0.4, 0.5) is 10.5 Å². The molecule has 0 aromatic heterocycles. The summed E-state index contributed by atoms with van der Waals surface area (Å²) in [6.07, 6.45) is 4.65. The number of amides is 3. The van der Waals surface area contributed by atoms with Crippen molar-refractivity contribution in [2.24, 2.45) is 0 Å². The second kappa shape index (κ2) is 9.85. The Morgan fingerprint density at radius 3 is 2.55 bits per heavy atom. The first-order valence-electron chi connectivity index (χ1n) is 11.1. The highest BCUT2D eigenvalue weighted by Gasteiger charge is 2.32. The summed E-state index contributed by atoms with van der Waals surface area (Å²) in [4.78, 5) is 25.7. The molecule has 174 valence electrons. The molecule has 0 saturated heterocycles. The van der Waals surface area contributed by atoms with Crippen molar-refractivity contribution in [1.82, 2.24) is 10.6 Å². The van der Waals surface area contributed by atoms with Crippen LogP contribution in [0.2, 0.25) is 0 Å². The molecule has 33 heavy (non-hydrogen) atoms. The molecule has 3 amide bonds. The van der Waals surface area contributed by atoms with Gasteiger partial charge in [0.25, 0.3) is 5.91 Å². The largest absolute Gasteiger partial charge is 0.497 e. The van der Waals surface area contributed by atoms with E-state index in [2.05, 4.69) is 16.0 Å². The Hall–Kier alpha value is -3.68. The van der Waals surface area contributed by atoms with Gasteiger partial charge in [-0.1, -0.05) is 12.1 Å². The Morgan fingerprint density at radius 1 is 1.03 bits per heavy atom. The minimum atomic E-state index is -0.637. The van der Waals surface area contributed by atoms with Crippen molar-refractivity contribution in [2.45, 2.75) is 44.8 Å². The number of carbonyl (C=O) groups is 2. The fourth-order valence-electron chi connectivity index (χ4n) is 4.31. The maximum atomic E-state index is 13.4. The molecule has 1 heterocycles. The Labute approximate surface area is 193 Å². The van der Waals surface area contributed by atoms with Crippen LogP contribution in [0.3, 0.4) is 0 Å². The van der Waals surface area contributed by atoms with Gasteiger partial charge in [0.05, 0.1) is 37.6 Å². The fraction of sp³-hybridized carbons (Fsp3) is 0.360. The summed E-state index contributed by atoms with van der Waals surface area (Å²) in [7, 11) is 3.08. The van der Waals surface area contributed by atoms with Crippen molar-refractivity contribution >= 4 is 17.6 Å². The third-order valence-corrected chi connectivity index (χ3v) is 5.96. The van der Waals surface area contributed by atoms with Crippen LogP contribution in [0, 0.1) is 0 Å². The normalized spacial score (nSPS) is 18.4. The molecule has 8 nitrogen and oxygen atoms in total. The van der Waals surface area contributed by atoms with Gasteiger partial charge in [0.1, 0.15) is 17.2 Å². The number of anilines is 1. The van der Waals surface area contributed by atoms with Gasteiger partial charge in [-0.25, -0.2) is 4.79 Å². The number of carbonyl (C=O) groups excluding carboxylic acids is 2. The SMILES string of the molecule is COc1ccc(OC)c(NC(=O)C2=C(C)NC(=O)NC2c2cccc(OC3CCCC3)c2)c1. The highest BCUT2D eigenvalue weighted by Crippen LogP contribution is 2.33. The van der Waals surface area contributed by atoms with E-state index in [-0.39, 0.29) is 18.0 Å². The van der Waals surface area contributed by atoms with E-state index < -0.39 is 6.04 Å². The highest BCUT2D eigenvalue weighted by molar-refractivity contribution is 6.07. The number of ether oxygens (including phenoxy) is 3. The molecule has 0 radical (unpaired) electrons. The smallest absolute Gasteiger partial charge is 0.319 e. The lowest BCUT2D eigenvalue weighted by Crippen LogP contribution is -2.46. The van der Waals surface area contributed by atoms with Crippen molar-refractivity contribution in [2.75, 3.05) is 19.5 Å². The second-order valence-electron chi connectivity index (χ2n) is 8.19. The van der Waals surface area contributed by atoms with Gasteiger partial charge < -0.3 is 30.2 Å². The lowest BCUT2D eigenvalue weighted by atomic mass is 9.94. The zero-order valence-electron chi connectivity index (χ0n) is 19.1. The molecular formula is C25H29N3O5. The van der Waals surface area contributed by atoms with Crippen molar-refractivity contribution in [3.63, 3.8) is 0 Å². The number of hydrogen-bond acceptors (Lipinski definition) is 5. The number of hydrogen-bond donors (Lipinski definition) is 3. The summed E-state index contributed by atoms with van der Waals surface area (Å²) in [5.74, 6) is 1.46. The Morgan fingerprint density at radius 2 is 1.82 bits per heavy atom. The molecule has 1 saturated carbocycles. The first kappa shape index (κ1) is 22.5. The van der Waals surface area contributed by atoms with E-state index in [1.54, 1.807) is 32.2 Å². The van der Waals surface area contributed by atoms with Gasteiger partial charge in [-0.2, -0.15) is 0 Å². The Balaban J connectivity index is 1.63. The molecule has 0 bridgehead atoms. The van der Waals surface area contributed by atoms with Crippen LogP contribution in [0.25, 0.3) is 0 Å². The first-order valence-corrected chi connectivity index (χ1v) is 11.1. The molecule has 2 aromatic rings. The highest BCUT2D eigenvalue weighted by atomic mass is 16.5. The number of nitrogens with one attached hydrogen (secondary N) is 3. The molecule has 1 fully saturated rings. The van der Waals surface area contributed by atoms with Crippen molar-refractivity contribution in [3.05, 3.63) is 59.3 Å². The van der Waals surface area contributed by atoms with E-state index in [0.717, 1.165) is 24.2 Å². The predicted molar refractivity (Wildman–Crippen MR) is 125 cm³/mol. The third-order valence-electron chi connectivity index (χ3n) is 5.96. The molecule has 2 aliphatic rings. The summed E-state index contributed by atoms with van der Waals surface area (Å²) in [5.41, 5.74) is 2.11. The molecule has 4 rings (SSSR count). The molecule has 1 unspecified atom stereocenters. The van der Waals surface area contributed by atoms with Crippen LogP contribution in [0.5, 0.6) is 17.2 Å². The summed E-state index contributed by atoms with van der Waals surface area (Å²) < 4.78 is 16.8. The van der Waals surface area contributed by atoms with Crippen LogP contribution < -0.4 is 30.2 Å². The van der Waals surface area contributed by atoms with E-state index in [9.17, 15) is 9.59 Å². The number of allylic oxidation sites excluding steroid dienone is 1. The maximum absolute atomic E-state index is 13.4. The second-order valence-corrected chi connectivity index (χ2v) is 8.19. The van der Waals surface area contributed by atoms with Gasteiger partial charge in [0.15, 0.2) is 0 Å². The van der Waals surface area contributed by atoms with Gasteiger partial charge >= 0.3 is 6.03 Å². The van der Waals surface area contributed by atoms with Gasteiger partial charge in [-0.05, 0) is 62.4 Å². The summed E-state index contributed by atoms with van der Waals surface area (Å²) in [5, 5.41) is 8.47. The molecule has 1 aliphatic carbocycles. The monoisotopic (exact) mass is 451 g/mol. The average Bonchev–Trinajstić information content (AvgIpc) is 3.31. The zero-order valence-corrected chi connectivity index (χ0v) is 19.1. The van der Waals surface area contributed by atoms with E-state index in [1.807, 2.05) is 24.3 Å². The van der Waals surface area contributed by atoms with Crippen molar-refractivity contribution < 1.29 is 23.8 Å². The lowest BCUT2D eigenvalue weighted by molar-refractivity contribution is -0.113. The lowest BCUT2D eigenvalue weighted by Gasteiger charge is -2.29. The molecular weight excluding hydrogens is 422 g/mol. The van der Waals surface area contributed by atoms with E-state index in [0.29, 0.717) is 28.5 Å². The van der Waals surface area contributed by atoms with Gasteiger partial charge in [0, 0.05) is 11.8 Å². The zero-order chi connectivity index (χ0) is 23.4. The predicted octanol–water partition coefficient (Wildman–Crippen LogP) is 4.29. The third kappa shape index (κ3) is 5.05. The maximum Gasteiger partial charge on any atom is 0.319 e. The molecule has 2 aromatic carbocycles. The van der Waals surface area contributed by atoms with Gasteiger partial charge in [-0.15, -0.1) is 0 Å². The first-order chi connectivity index (χ1) is 16.0. The van der Waals surface area contributed by atoms with E-state index >= 15 is 0 Å². The minimum Gasteiger partial charge on any atom is -0.497 e. The van der Waals surface area contributed by atoms with Crippen LogP contribution in [0.15, 0.2) is 53.7 Å².